The molecule has 35 heavy (non-hydrogen) atoms. The summed E-state index contributed by atoms with van der Waals surface area (Å²) >= 11 is 0. The summed E-state index contributed by atoms with van der Waals surface area (Å²) in [5.74, 6) is 0.356. The van der Waals surface area contributed by atoms with Gasteiger partial charge in [-0.3, -0.25) is 4.79 Å². The van der Waals surface area contributed by atoms with Crippen molar-refractivity contribution < 1.29 is 32.9 Å². The van der Waals surface area contributed by atoms with Gasteiger partial charge in [0, 0.05) is 32.0 Å². The third-order valence-electron chi connectivity index (χ3n) is 4.79. The summed E-state index contributed by atoms with van der Waals surface area (Å²) in [5, 5.41) is 26.4. The molecule has 1 unspecified atom stereocenters. The number of hydrogen-bond acceptors (Lipinski definition) is 10. The van der Waals surface area contributed by atoms with Crippen LogP contribution in [-0.2, 0) is 16.9 Å². The number of aryl methyl sites for hydroxylation is 1. The molecule has 0 fully saturated rings. The van der Waals surface area contributed by atoms with Gasteiger partial charge in [-0.1, -0.05) is 0 Å². The summed E-state index contributed by atoms with van der Waals surface area (Å²) in [6.07, 6.45) is 0.272. The molecule has 0 aliphatic carbocycles. The van der Waals surface area contributed by atoms with E-state index in [4.69, 9.17) is 15.2 Å². The number of aromatic hydroxyl groups is 1. The van der Waals surface area contributed by atoms with E-state index in [9.17, 15) is 23.4 Å². The largest absolute Gasteiger partial charge is 0.507 e. The van der Waals surface area contributed by atoms with Gasteiger partial charge >= 0.3 is 0 Å². The first-order valence-corrected chi connectivity index (χ1v) is 12.4. The maximum atomic E-state index is 11.6. The summed E-state index contributed by atoms with van der Waals surface area (Å²) in [6.45, 7) is 0.999. The Balaban J connectivity index is 1.40. The second-order valence-corrected chi connectivity index (χ2v) is 9.61. The van der Waals surface area contributed by atoms with Gasteiger partial charge in [-0.2, -0.15) is 4.98 Å². The van der Waals surface area contributed by atoms with Crippen LogP contribution in [0.1, 0.15) is 10.4 Å². The number of sulfone groups is 1. The Bertz CT molecular complexity index is 1280. The number of amides is 1. The first kappa shape index (κ1) is 25.9. The van der Waals surface area contributed by atoms with Gasteiger partial charge in [0.15, 0.2) is 5.82 Å². The first-order chi connectivity index (χ1) is 16.5. The molecule has 3 rings (SSSR count). The number of rotatable bonds is 12. The van der Waals surface area contributed by atoms with Gasteiger partial charge in [-0.15, -0.1) is 5.10 Å². The fourth-order valence-electron chi connectivity index (χ4n) is 3.03. The topological polar surface area (TPSA) is 179 Å². The maximum Gasteiger partial charge on any atom is 0.267 e. The van der Waals surface area contributed by atoms with Crippen LogP contribution in [0.2, 0.25) is 0 Å². The number of aliphatic hydroxyl groups is 1. The van der Waals surface area contributed by atoms with Crippen LogP contribution >= 0.6 is 0 Å². The number of carbonyl (C=O) groups is 1. The Kier molecular flexibility index (Phi) is 8.27. The molecule has 1 atom stereocenters. The van der Waals surface area contributed by atoms with Crippen molar-refractivity contribution in [2.75, 3.05) is 32.6 Å². The average molecular weight is 506 g/mol. The van der Waals surface area contributed by atoms with E-state index in [0.29, 0.717) is 29.4 Å². The molecule has 2 aromatic carbocycles. The molecule has 3 aromatic rings. The maximum absolute atomic E-state index is 11.6. The molecular weight excluding hydrogens is 478 g/mol. The molecule has 0 spiro atoms. The van der Waals surface area contributed by atoms with Crippen molar-refractivity contribution in [3.63, 3.8) is 0 Å². The molecule has 0 aliphatic rings. The molecular formula is C22H27N5O7S. The van der Waals surface area contributed by atoms with E-state index >= 15 is 0 Å². The van der Waals surface area contributed by atoms with Crippen LogP contribution < -0.4 is 20.5 Å². The number of phenols is 1. The van der Waals surface area contributed by atoms with Crippen molar-refractivity contribution in [1.29, 1.82) is 0 Å². The predicted octanol–water partition coefficient (Wildman–Crippen LogP) is 0.0984. The van der Waals surface area contributed by atoms with E-state index in [1.165, 1.54) is 22.9 Å². The first-order valence-electron chi connectivity index (χ1n) is 10.5. The Labute approximate surface area is 202 Å². The third kappa shape index (κ3) is 7.15. The minimum atomic E-state index is -3.51. The van der Waals surface area contributed by atoms with Crippen LogP contribution in [0.15, 0.2) is 47.6 Å². The van der Waals surface area contributed by atoms with Crippen molar-refractivity contribution >= 4 is 15.7 Å². The quantitative estimate of drug-likeness (QED) is 0.247. The van der Waals surface area contributed by atoms with E-state index < -0.39 is 21.8 Å². The normalized spacial score (nSPS) is 12.3. The van der Waals surface area contributed by atoms with Gasteiger partial charge in [0.2, 0.25) is 9.84 Å². The molecule has 1 heterocycles. The van der Waals surface area contributed by atoms with E-state index in [1.54, 1.807) is 31.3 Å². The van der Waals surface area contributed by atoms with Gasteiger partial charge < -0.3 is 30.7 Å². The standard InChI is InChI=1S/C22H27N5O7S/c1-27-21(25-22(26-27)35(2,31)32)14-3-5-16(6-4-14)34-13-15(28)12-24-9-10-33-17-7-8-19(29)18(11-17)20(23)30/h3-8,11,15,24,28-29H,9-10,12-13H2,1-2H3,(H2,23,30). The number of nitrogens with zero attached hydrogens (tertiary/aromatic N) is 3. The van der Waals surface area contributed by atoms with Gasteiger partial charge in [0.05, 0.1) is 5.56 Å². The van der Waals surface area contributed by atoms with Crippen LogP contribution in [0.5, 0.6) is 17.2 Å². The minimum absolute atomic E-state index is 0.0219. The van der Waals surface area contributed by atoms with E-state index in [-0.39, 0.29) is 36.2 Å². The number of nitrogens with two attached hydrogens (primary N) is 1. The SMILES string of the molecule is Cn1nc(S(C)(=O)=O)nc1-c1ccc(OCC(O)CNCCOc2ccc(O)c(C(N)=O)c2)cc1. The number of aliphatic hydroxyl groups excluding tert-OH is 1. The molecule has 0 aliphatic heterocycles. The van der Waals surface area contributed by atoms with Crippen molar-refractivity contribution in [1.82, 2.24) is 20.1 Å². The fourth-order valence-corrected chi connectivity index (χ4v) is 3.56. The van der Waals surface area contributed by atoms with Crippen molar-refractivity contribution in [3.05, 3.63) is 48.0 Å². The monoisotopic (exact) mass is 505 g/mol. The van der Waals surface area contributed by atoms with E-state index in [1.807, 2.05) is 0 Å². The molecule has 188 valence electrons. The van der Waals surface area contributed by atoms with Crippen LogP contribution in [-0.4, -0.2) is 78.0 Å². The Hall–Kier alpha value is -3.68. The van der Waals surface area contributed by atoms with Crippen molar-refractivity contribution in [2.24, 2.45) is 12.8 Å². The molecule has 0 radical (unpaired) electrons. The zero-order chi connectivity index (χ0) is 25.6. The molecule has 12 nitrogen and oxygen atoms in total. The number of carbonyl (C=O) groups excluding carboxylic acids is 1. The van der Waals surface area contributed by atoms with Crippen molar-refractivity contribution in [2.45, 2.75) is 11.3 Å². The fraction of sp³-hybridized carbons (Fsp3) is 0.318. The summed E-state index contributed by atoms with van der Waals surface area (Å²) in [7, 11) is -1.90. The van der Waals surface area contributed by atoms with E-state index in [2.05, 4.69) is 15.4 Å². The molecule has 5 N–H and O–H groups in total. The van der Waals surface area contributed by atoms with Crippen molar-refractivity contribution in [3.8, 4) is 28.6 Å². The molecule has 13 heteroatoms. The van der Waals surface area contributed by atoms with Crippen LogP contribution in [0.3, 0.4) is 0 Å². The van der Waals surface area contributed by atoms with Gasteiger partial charge in [-0.05, 0) is 42.5 Å². The summed E-state index contributed by atoms with van der Waals surface area (Å²) in [4.78, 5) is 15.3. The third-order valence-corrected chi connectivity index (χ3v) is 5.63. The number of primary amides is 1. The second-order valence-electron chi connectivity index (χ2n) is 7.70. The molecule has 1 aromatic heterocycles. The summed E-state index contributed by atoms with van der Waals surface area (Å²) < 4.78 is 35.8. The number of benzene rings is 2. The molecule has 0 saturated heterocycles. The molecule has 0 saturated carbocycles. The zero-order valence-electron chi connectivity index (χ0n) is 19.2. The summed E-state index contributed by atoms with van der Waals surface area (Å²) in [5.41, 5.74) is 5.83. The minimum Gasteiger partial charge on any atom is -0.507 e. The molecule has 1 amide bonds. The highest BCUT2D eigenvalue weighted by Crippen LogP contribution is 2.23. The lowest BCUT2D eigenvalue weighted by Crippen LogP contribution is -2.33. The number of aromatic nitrogens is 3. The summed E-state index contributed by atoms with van der Waals surface area (Å²) in [6, 6.07) is 11.0. The van der Waals surface area contributed by atoms with Crippen LogP contribution in [0.4, 0.5) is 0 Å². The Morgan fingerprint density at radius 2 is 1.86 bits per heavy atom. The number of hydrogen-bond donors (Lipinski definition) is 4. The second kappa shape index (κ2) is 11.2. The lowest BCUT2D eigenvalue weighted by atomic mass is 10.2. The lowest BCUT2D eigenvalue weighted by molar-refractivity contribution is 0.0996. The highest BCUT2D eigenvalue weighted by atomic mass is 32.2. The smallest absolute Gasteiger partial charge is 0.267 e. The van der Waals surface area contributed by atoms with Crippen LogP contribution in [0, 0.1) is 0 Å². The molecule has 0 bridgehead atoms. The van der Waals surface area contributed by atoms with Gasteiger partial charge in [0.25, 0.3) is 11.1 Å². The van der Waals surface area contributed by atoms with Gasteiger partial charge in [-0.25, -0.2) is 13.1 Å². The number of ether oxygens (including phenoxy) is 2. The highest BCUT2D eigenvalue weighted by molar-refractivity contribution is 7.90. The highest BCUT2D eigenvalue weighted by Gasteiger charge is 2.17. The number of nitrogens with one attached hydrogen (secondary N) is 1. The van der Waals surface area contributed by atoms with Crippen LogP contribution in [0.25, 0.3) is 11.4 Å². The lowest BCUT2D eigenvalue weighted by Gasteiger charge is -2.14. The zero-order valence-corrected chi connectivity index (χ0v) is 20.0. The Morgan fingerprint density at radius 1 is 1.17 bits per heavy atom. The Morgan fingerprint density at radius 3 is 2.49 bits per heavy atom. The average Bonchev–Trinajstić information content (AvgIpc) is 3.21. The predicted molar refractivity (Wildman–Crippen MR) is 126 cm³/mol. The van der Waals surface area contributed by atoms with Gasteiger partial charge in [0.1, 0.15) is 36.6 Å². The van der Waals surface area contributed by atoms with E-state index in [0.717, 1.165) is 6.26 Å².